The van der Waals surface area contributed by atoms with Crippen LogP contribution in [0.3, 0.4) is 0 Å². The van der Waals surface area contributed by atoms with Gasteiger partial charge in [-0.05, 0) is 6.92 Å². The first kappa shape index (κ1) is 14.7. The Morgan fingerprint density at radius 3 is 2.56 bits per heavy atom. The van der Waals surface area contributed by atoms with Crippen molar-refractivity contribution >= 4 is 5.91 Å². The largest absolute Gasteiger partial charge is 0.411 e. The van der Waals surface area contributed by atoms with Gasteiger partial charge in [-0.25, -0.2) is 0 Å². The van der Waals surface area contributed by atoms with Crippen molar-refractivity contribution in [3.8, 4) is 6.07 Å². The van der Waals surface area contributed by atoms with E-state index in [9.17, 15) is 18.0 Å². The van der Waals surface area contributed by atoms with E-state index in [1.807, 2.05) is 6.07 Å². The van der Waals surface area contributed by atoms with Crippen LogP contribution in [0.25, 0.3) is 0 Å². The Morgan fingerprint density at radius 1 is 1.56 bits per heavy atom. The van der Waals surface area contributed by atoms with Crippen molar-refractivity contribution in [1.29, 1.82) is 5.26 Å². The summed E-state index contributed by atoms with van der Waals surface area (Å²) >= 11 is 0. The van der Waals surface area contributed by atoms with E-state index < -0.39 is 24.7 Å². The third kappa shape index (κ3) is 6.24. The van der Waals surface area contributed by atoms with E-state index in [1.165, 1.54) is 14.0 Å². The Bertz CT molecular complexity index is 273. The van der Waals surface area contributed by atoms with E-state index in [1.54, 1.807) is 0 Å². The van der Waals surface area contributed by atoms with Gasteiger partial charge in [0.05, 0.1) is 19.1 Å². The van der Waals surface area contributed by atoms with Gasteiger partial charge in [0, 0.05) is 7.05 Å². The van der Waals surface area contributed by atoms with Gasteiger partial charge >= 0.3 is 6.18 Å². The molecule has 0 aliphatic rings. The molecule has 0 aliphatic carbocycles. The minimum atomic E-state index is -4.38. The van der Waals surface area contributed by atoms with Gasteiger partial charge in [0.2, 0.25) is 5.91 Å². The predicted molar refractivity (Wildman–Crippen MR) is 49.3 cm³/mol. The van der Waals surface area contributed by atoms with Crippen LogP contribution in [0.2, 0.25) is 0 Å². The molecule has 0 radical (unpaired) electrons. The van der Waals surface area contributed by atoms with Gasteiger partial charge in [0.25, 0.3) is 0 Å². The molecule has 1 unspecified atom stereocenters. The summed E-state index contributed by atoms with van der Waals surface area (Å²) in [5, 5.41) is 8.51. The summed E-state index contributed by atoms with van der Waals surface area (Å²) in [5.41, 5.74) is 0. The summed E-state index contributed by atoms with van der Waals surface area (Å²) in [6.45, 7) is -0.146. The molecule has 0 N–H and O–H groups in total. The monoisotopic (exact) mass is 238 g/mol. The van der Waals surface area contributed by atoms with Crippen molar-refractivity contribution in [2.75, 3.05) is 20.3 Å². The number of nitrogens with zero attached hydrogens (tertiary/aromatic N) is 2. The number of alkyl halides is 3. The molecule has 1 amide bonds. The van der Waals surface area contributed by atoms with E-state index in [4.69, 9.17) is 5.26 Å². The van der Waals surface area contributed by atoms with Crippen LogP contribution in [0.1, 0.15) is 13.3 Å². The topological polar surface area (TPSA) is 53.3 Å². The highest BCUT2D eigenvalue weighted by Gasteiger charge is 2.27. The van der Waals surface area contributed by atoms with Gasteiger partial charge in [-0.2, -0.15) is 18.4 Å². The first-order valence-electron chi connectivity index (χ1n) is 4.57. The molecule has 0 aromatic heterocycles. The number of halogens is 3. The van der Waals surface area contributed by atoms with E-state index in [0.717, 1.165) is 4.90 Å². The molecule has 0 spiro atoms. The van der Waals surface area contributed by atoms with Crippen LogP contribution < -0.4 is 0 Å². The first-order chi connectivity index (χ1) is 7.28. The Morgan fingerprint density at radius 2 is 2.12 bits per heavy atom. The summed E-state index contributed by atoms with van der Waals surface area (Å²) < 4.78 is 39.3. The zero-order valence-electron chi connectivity index (χ0n) is 9.04. The maximum absolute atomic E-state index is 11.7. The number of ether oxygens (including phenoxy) is 1. The highest BCUT2D eigenvalue weighted by atomic mass is 19.4. The summed E-state index contributed by atoms with van der Waals surface area (Å²) in [6.07, 6.45) is -4.55. The zero-order chi connectivity index (χ0) is 12.8. The Hall–Kier alpha value is -1.29. The van der Waals surface area contributed by atoms with Crippen molar-refractivity contribution in [3.05, 3.63) is 0 Å². The maximum atomic E-state index is 11.7. The average Bonchev–Trinajstić information content (AvgIpc) is 2.20. The maximum Gasteiger partial charge on any atom is 0.411 e. The van der Waals surface area contributed by atoms with E-state index in [0.29, 0.717) is 0 Å². The highest BCUT2D eigenvalue weighted by molar-refractivity contribution is 5.76. The lowest BCUT2D eigenvalue weighted by Crippen LogP contribution is -2.34. The van der Waals surface area contributed by atoms with Gasteiger partial charge in [-0.15, -0.1) is 0 Å². The van der Waals surface area contributed by atoms with Gasteiger partial charge < -0.3 is 9.64 Å². The van der Waals surface area contributed by atoms with E-state index in [2.05, 4.69) is 4.74 Å². The molecule has 0 saturated carbocycles. The van der Waals surface area contributed by atoms with Crippen molar-refractivity contribution in [3.63, 3.8) is 0 Å². The number of rotatable bonds is 5. The number of carbonyl (C=O) groups is 1. The van der Waals surface area contributed by atoms with Crippen LogP contribution in [0.5, 0.6) is 0 Å². The zero-order valence-corrected chi connectivity index (χ0v) is 9.04. The summed E-state index contributed by atoms with van der Waals surface area (Å²) in [5.74, 6) is -0.420. The van der Waals surface area contributed by atoms with Crippen LogP contribution in [-0.4, -0.2) is 43.3 Å². The van der Waals surface area contributed by atoms with Gasteiger partial charge in [0.15, 0.2) is 0 Å². The molecule has 0 bridgehead atoms. The average molecular weight is 238 g/mol. The second-order valence-corrected chi connectivity index (χ2v) is 3.23. The standard InChI is InChI=1S/C9H13F3N2O2/c1-7(5-13)14(2)8(15)3-4-16-6-9(10,11)12/h7H,3-4,6H2,1-2H3. The van der Waals surface area contributed by atoms with Crippen molar-refractivity contribution in [2.24, 2.45) is 0 Å². The third-order valence-corrected chi connectivity index (χ3v) is 1.89. The smallest absolute Gasteiger partial charge is 0.372 e. The molecule has 92 valence electrons. The minimum absolute atomic E-state index is 0.168. The summed E-state index contributed by atoms with van der Waals surface area (Å²) in [6, 6.07) is 1.24. The Balaban J connectivity index is 3.79. The fourth-order valence-corrected chi connectivity index (χ4v) is 0.826. The number of amides is 1. The first-order valence-corrected chi connectivity index (χ1v) is 4.57. The molecule has 0 aliphatic heterocycles. The predicted octanol–water partition coefficient (Wildman–Crippen LogP) is 1.33. The SMILES string of the molecule is CC(C#N)N(C)C(=O)CCOCC(F)(F)F. The molecule has 7 heteroatoms. The molecule has 0 saturated heterocycles. The molecule has 0 heterocycles. The lowest BCUT2D eigenvalue weighted by molar-refractivity contribution is -0.175. The highest BCUT2D eigenvalue weighted by Crippen LogP contribution is 2.14. The molecule has 0 fully saturated rings. The van der Waals surface area contributed by atoms with Crippen LogP contribution >= 0.6 is 0 Å². The van der Waals surface area contributed by atoms with Crippen molar-refractivity contribution in [2.45, 2.75) is 25.6 Å². The number of carbonyl (C=O) groups excluding carboxylic acids is 1. The van der Waals surface area contributed by atoms with E-state index >= 15 is 0 Å². The van der Waals surface area contributed by atoms with Gasteiger partial charge in [-0.3, -0.25) is 4.79 Å². The minimum Gasteiger partial charge on any atom is -0.372 e. The number of hydrogen-bond donors (Lipinski definition) is 0. The Labute approximate surface area is 91.6 Å². The molecular weight excluding hydrogens is 225 g/mol. The Kier molecular flexibility index (Phi) is 5.82. The van der Waals surface area contributed by atoms with Crippen LogP contribution in [0.15, 0.2) is 0 Å². The van der Waals surface area contributed by atoms with Gasteiger partial charge in [0.1, 0.15) is 12.6 Å². The molecule has 16 heavy (non-hydrogen) atoms. The summed E-state index contributed by atoms with van der Waals surface area (Å²) in [4.78, 5) is 12.4. The van der Waals surface area contributed by atoms with Crippen molar-refractivity contribution < 1.29 is 22.7 Å². The van der Waals surface area contributed by atoms with Crippen molar-refractivity contribution in [1.82, 2.24) is 4.90 Å². The quantitative estimate of drug-likeness (QED) is 0.679. The van der Waals surface area contributed by atoms with Gasteiger partial charge in [-0.1, -0.05) is 0 Å². The lowest BCUT2D eigenvalue weighted by Gasteiger charge is -2.19. The molecule has 0 rings (SSSR count). The third-order valence-electron chi connectivity index (χ3n) is 1.89. The van der Waals surface area contributed by atoms with Crippen LogP contribution in [-0.2, 0) is 9.53 Å². The fraction of sp³-hybridized carbons (Fsp3) is 0.778. The molecule has 1 atom stereocenters. The van der Waals surface area contributed by atoms with E-state index in [-0.39, 0.29) is 13.0 Å². The molecule has 4 nitrogen and oxygen atoms in total. The second-order valence-electron chi connectivity index (χ2n) is 3.23. The molecular formula is C9H13F3N2O2. The summed E-state index contributed by atoms with van der Waals surface area (Å²) in [7, 11) is 1.42. The van der Waals surface area contributed by atoms with Crippen LogP contribution in [0, 0.1) is 11.3 Å². The fourth-order valence-electron chi connectivity index (χ4n) is 0.826. The number of hydrogen-bond acceptors (Lipinski definition) is 3. The normalized spacial score (nSPS) is 13.0. The van der Waals surface area contributed by atoms with Crippen LogP contribution in [0.4, 0.5) is 13.2 Å². The molecule has 0 aromatic rings. The molecule has 0 aromatic carbocycles. The lowest BCUT2D eigenvalue weighted by atomic mass is 10.3. The second kappa shape index (κ2) is 6.33. The number of nitriles is 1.